The van der Waals surface area contributed by atoms with Gasteiger partial charge in [-0.05, 0) is 63.4 Å². The Bertz CT molecular complexity index is 2280. The molecule has 274 valence electrons. The summed E-state index contributed by atoms with van der Waals surface area (Å²) in [5.74, 6) is 1.02. The fraction of sp³-hybridized carbons (Fsp3) is 0.216. The number of para-hydroxylation sites is 3. The fourth-order valence-corrected chi connectivity index (χ4v) is 6.34. The molecule has 2 nitrogen and oxygen atoms in total. The molecule has 9 rings (SSSR count). The first-order valence-corrected chi connectivity index (χ1v) is 19.5. The Morgan fingerprint density at radius 2 is 0.792 bits per heavy atom. The Kier molecular flexibility index (Phi) is 17.1. The van der Waals surface area contributed by atoms with Crippen LogP contribution in [0.1, 0.15) is 80.7 Å². The van der Waals surface area contributed by atoms with Crippen LogP contribution >= 0.6 is 0 Å². The smallest absolute Gasteiger partial charge is 0.123 e. The van der Waals surface area contributed by atoms with Crippen molar-refractivity contribution in [2.45, 2.75) is 75.2 Å². The van der Waals surface area contributed by atoms with E-state index in [-0.39, 0.29) is 0 Å². The number of hydrogen-bond acceptors (Lipinski definition) is 1. The Morgan fingerprint density at radius 1 is 0.377 bits per heavy atom. The number of fused-ring (bicyclic) bond motifs is 3. The number of hydrogen-bond donors (Lipinski definition) is 1. The average molecular weight is 702 g/mol. The van der Waals surface area contributed by atoms with Crippen molar-refractivity contribution >= 4 is 54.1 Å². The van der Waals surface area contributed by atoms with Crippen molar-refractivity contribution in [1.82, 2.24) is 4.57 Å². The van der Waals surface area contributed by atoms with E-state index in [1.807, 2.05) is 73.6 Å². The van der Waals surface area contributed by atoms with E-state index in [2.05, 4.69) is 158 Å². The largest absolute Gasteiger partial charge is 0.507 e. The minimum atomic E-state index is 0.357. The zero-order chi connectivity index (χ0) is 38.8. The number of phenolic OH excluding ortho intramolecular Hbond substituents is 1. The van der Waals surface area contributed by atoms with Gasteiger partial charge in [0.05, 0.1) is 11.0 Å². The maximum atomic E-state index is 9.95. The second-order valence-electron chi connectivity index (χ2n) is 11.7. The van der Waals surface area contributed by atoms with Crippen LogP contribution in [0, 0.1) is 0 Å². The molecule has 0 saturated carbocycles. The Labute approximate surface area is 318 Å². The second kappa shape index (κ2) is 21.7. The molecule has 2 heteroatoms. The highest BCUT2D eigenvalue weighted by Gasteiger charge is 2.11. The van der Waals surface area contributed by atoms with E-state index in [9.17, 15) is 5.11 Å². The summed E-state index contributed by atoms with van der Waals surface area (Å²) in [6.45, 7) is 20.4. The molecule has 0 saturated heterocycles. The van der Waals surface area contributed by atoms with Crippen LogP contribution in [0.25, 0.3) is 59.8 Å². The van der Waals surface area contributed by atoms with Crippen LogP contribution in [-0.4, -0.2) is 9.67 Å². The van der Waals surface area contributed by atoms with Gasteiger partial charge < -0.3 is 9.67 Å². The lowest BCUT2D eigenvalue weighted by Crippen LogP contribution is -1.92. The van der Waals surface area contributed by atoms with Gasteiger partial charge in [-0.2, -0.15) is 0 Å². The number of benzene rings is 8. The predicted molar refractivity (Wildman–Crippen MR) is 239 cm³/mol. The molecule has 0 fully saturated rings. The molecule has 9 aromatic rings. The van der Waals surface area contributed by atoms with E-state index in [0.717, 1.165) is 5.39 Å². The normalized spacial score (nSPS) is 9.94. The minimum absolute atomic E-state index is 0.357. The van der Waals surface area contributed by atoms with Crippen LogP contribution < -0.4 is 0 Å². The van der Waals surface area contributed by atoms with E-state index in [0.29, 0.717) is 11.7 Å². The SMILES string of the molecule is CC.CC.CC.CC.CC(C)c1ccccc1.Oc1ccc2ccc3cccc4ccc1c2c34.c1ccc(-n2c3ccccc3c3ccccc32)cc1. The molecule has 1 N–H and O–H groups in total. The van der Waals surface area contributed by atoms with Crippen molar-refractivity contribution in [3.05, 3.63) is 169 Å². The monoisotopic (exact) mass is 701 g/mol. The lowest BCUT2D eigenvalue weighted by molar-refractivity contribution is 0.482. The molecular weight excluding hydrogens is 643 g/mol. The topological polar surface area (TPSA) is 25.2 Å². The molecular formula is C51H59NO. The third-order valence-corrected chi connectivity index (χ3v) is 8.57. The van der Waals surface area contributed by atoms with Crippen molar-refractivity contribution in [3.8, 4) is 11.4 Å². The molecule has 0 aliphatic carbocycles. The number of rotatable bonds is 2. The Morgan fingerprint density at radius 3 is 1.28 bits per heavy atom. The van der Waals surface area contributed by atoms with Gasteiger partial charge in [-0.15, -0.1) is 0 Å². The average Bonchev–Trinajstić information content (AvgIpc) is 3.59. The minimum Gasteiger partial charge on any atom is -0.507 e. The van der Waals surface area contributed by atoms with Crippen molar-refractivity contribution in [2.75, 3.05) is 0 Å². The van der Waals surface area contributed by atoms with Crippen LogP contribution in [0.4, 0.5) is 0 Å². The van der Waals surface area contributed by atoms with E-state index >= 15 is 0 Å². The van der Waals surface area contributed by atoms with Gasteiger partial charge in [0.2, 0.25) is 0 Å². The molecule has 1 heterocycles. The lowest BCUT2D eigenvalue weighted by atomic mass is 9.94. The molecule has 1 aromatic heterocycles. The van der Waals surface area contributed by atoms with Crippen LogP contribution in [-0.2, 0) is 0 Å². The molecule has 0 aliphatic heterocycles. The first-order chi connectivity index (χ1) is 26.1. The van der Waals surface area contributed by atoms with Gasteiger partial charge in [-0.25, -0.2) is 0 Å². The summed E-state index contributed by atoms with van der Waals surface area (Å²) in [6, 6.07) is 56.6. The number of aromatic hydroxyl groups is 1. The van der Waals surface area contributed by atoms with Crippen molar-refractivity contribution in [3.63, 3.8) is 0 Å². The van der Waals surface area contributed by atoms with E-state index in [1.54, 1.807) is 6.07 Å². The molecule has 53 heavy (non-hydrogen) atoms. The van der Waals surface area contributed by atoms with Gasteiger partial charge in [0, 0.05) is 27.2 Å². The van der Waals surface area contributed by atoms with Crippen LogP contribution in [0.3, 0.4) is 0 Å². The maximum Gasteiger partial charge on any atom is 0.123 e. The molecule has 0 radical (unpaired) electrons. The predicted octanol–water partition coefficient (Wildman–Crippen LogP) is 16.0. The quantitative estimate of drug-likeness (QED) is 0.178. The van der Waals surface area contributed by atoms with Gasteiger partial charge in [-0.1, -0.05) is 203 Å². The number of aromatic nitrogens is 1. The van der Waals surface area contributed by atoms with Crippen molar-refractivity contribution < 1.29 is 5.11 Å². The molecule has 0 atom stereocenters. The zero-order valence-electron chi connectivity index (χ0n) is 33.6. The summed E-state index contributed by atoms with van der Waals surface area (Å²) < 4.78 is 2.32. The lowest BCUT2D eigenvalue weighted by Gasteiger charge is -2.11. The Balaban J connectivity index is 0.000000204. The first kappa shape index (κ1) is 41.8. The van der Waals surface area contributed by atoms with Crippen LogP contribution in [0.15, 0.2) is 164 Å². The molecule has 0 spiro atoms. The summed E-state index contributed by atoms with van der Waals surface area (Å²) in [5, 5.41) is 19.6. The van der Waals surface area contributed by atoms with Gasteiger partial charge >= 0.3 is 0 Å². The molecule has 0 unspecified atom stereocenters. The summed E-state index contributed by atoms with van der Waals surface area (Å²) in [5.41, 5.74) is 5.14. The summed E-state index contributed by atoms with van der Waals surface area (Å²) in [4.78, 5) is 0. The van der Waals surface area contributed by atoms with Gasteiger partial charge in [-0.3, -0.25) is 0 Å². The zero-order valence-corrected chi connectivity index (χ0v) is 33.6. The highest BCUT2D eigenvalue weighted by atomic mass is 16.3. The van der Waals surface area contributed by atoms with E-state index in [4.69, 9.17) is 0 Å². The van der Waals surface area contributed by atoms with Gasteiger partial charge in [0.15, 0.2) is 0 Å². The number of nitrogens with zero attached hydrogens (tertiary/aromatic N) is 1. The molecule has 0 amide bonds. The van der Waals surface area contributed by atoms with Crippen molar-refractivity contribution in [1.29, 1.82) is 0 Å². The highest BCUT2D eigenvalue weighted by molar-refractivity contribution is 6.24. The second-order valence-corrected chi connectivity index (χ2v) is 11.7. The van der Waals surface area contributed by atoms with E-state index < -0.39 is 0 Å². The summed E-state index contributed by atoms with van der Waals surface area (Å²) in [6.07, 6.45) is 0. The summed E-state index contributed by atoms with van der Waals surface area (Å²) in [7, 11) is 0. The maximum absolute atomic E-state index is 9.95. The van der Waals surface area contributed by atoms with E-state index in [1.165, 1.54) is 60.0 Å². The first-order valence-electron chi connectivity index (χ1n) is 19.5. The molecule has 0 bridgehead atoms. The van der Waals surface area contributed by atoms with Crippen LogP contribution in [0.2, 0.25) is 0 Å². The number of phenols is 1. The van der Waals surface area contributed by atoms with Gasteiger partial charge in [0.25, 0.3) is 0 Å². The summed E-state index contributed by atoms with van der Waals surface area (Å²) >= 11 is 0. The van der Waals surface area contributed by atoms with Crippen LogP contribution in [0.5, 0.6) is 5.75 Å². The Hall–Kier alpha value is -5.60. The standard InChI is InChI=1S/C18H13N.C16H10O.C9H12.4C2H6/c1-2-8-14(9-3-1)19-17-12-6-4-10-15(17)16-11-5-7-13-18(16)19;17-14-9-7-12-5-4-10-2-1-3-11-6-8-13(14)16(12)15(10)11;1-8(2)9-6-4-3-5-7-9;4*1-2/h1-13H;1-9,17H;3-8H,1-2H3;4*1-2H3. The third-order valence-electron chi connectivity index (χ3n) is 8.57. The van der Waals surface area contributed by atoms with Crippen molar-refractivity contribution in [2.24, 2.45) is 0 Å². The highest BCUT2D eigenvalue weighted by Crippen LogP contribution is 2.38. The third kappa shape index (κ3) is 9.64. The van der Waals surface area contributed by atoms with Gasteiger partial charge in [0.1, 0.15) is 5.75 Å². The molecule has 8 aromatic carbocycles. The molecule has 0 aliphatic rings. The fourth-order valence-electron chi connectivity index (χ4n) is 6.34.